The number of carboxylic acids is 1. The number of benzene rings is 2. The number of nitrogens with zero attached hydrogens (tertiary/aromatic N) is 2. The molecule has 2 heterocycles. The summed E-state index contributed by atoms with van der Waals surface area (Å²) in [5.41, 5.74) is 5.75. The zero-order valence-electron chi connectivity index (χ0n) is 18.0. The van der Waals surface area contributed by atoms with Crippen LogP contribution in [0.3, 0.4) is 0 Å². The normalized spacial score (nSPS) is 11.2. The average molecular weight is 460 g/mol. The zero-order valence-corrected chi connectivity index (χ0v) is 18.0. The predicted octanol–water partition coefficient (Wildman–Crippen LogP) is 4.59. The Hall–Kier alpha value is -3.79. The van der Waals surface area contributed by atoms with E-state index in [4.69, 9.17) is 14.6 Å². The molecule has 0 aliphatic rings. The molecule has 2 aromatic carbocycles. The highest BCUT2D eigenvalue weighted by molar-refractivity contribution is 5.81. The quantitative estimate of drug-likeness (QED) is 0.391. The van der Waals surface area contributed by atoms with E-state index in [1.165, 1.54) is 22.2 Å². The molecule has 0 saturated carbocycles. The van der Waals surface area contributed by atoms with Crippen LogP contribution in [0.4, 0.5) is 13.2 Å². The Morgan fingerprint density at radius 1 is 1.18 bits per heavy atom. The Kier molecular flexibility index (Phi) is 7.39. The van der Waals surface area contributed by atoms with Gasteiger partial charge in [-0.2, -0.15) is 18.3 Å². The van der Waals surface area contributed by atoms with Gasteiger partial charge in [0.15, 0.2) is 0 Å². The molecule has 10 heteroatoms. The largest absolute Gasteiger partial charge is 0.496 e. The summed E-state index contributed by atoms with van der Waals surface area (Å²) in [6.45, 7) is 3.60. The van der Waals surface area contributed by atoms with Crippen LogP contribution >= 0.6 is 0 Å². The van der Waals surface area contributed by atoms with Gasteiger partial charge >= 0.3 is 12.1 Å². The Morgan fingerprint density at radius 2 is 1.94 bits per heavy atom. The van der Waals surface area contributed by atoms with Crippen molar-refractivity contribution >= 4 is 16.9 Å². The van der Waals surface area contributed by atoms with E-state index in [0.717, 1.165) is 30.1 Å². The van der Waals surface area contributed by atoms with E-state index in [1.54, 1.807) is 13.3 Å². The number of aryl methyl sites for hydroxylation is 1. The van der Waals surface area contributed by atoms with Gasteiger partial charge in [0.1, 0.15) is 5.75 Å². The molecule has 3 N–H and O–H groups in total. The number of methoxy groups -OCH3 is 1. The van der Waals surface area contributed by atoms with Gasteiger partial charge in [0.05, 0.1) is 12.8 Å². The molecule has 0 amide bonds. The number of ether oxygens (including phenoxy) is 1. The van der Waals surface area contributed by atoms with Gasteiger partial charge in [-0.05, 0) is 54.3 Å². The summed E-state index contributed by atoms with van der Waals surface area (Å²) in [5.74, 6) is -1.88. The molecule has 0 aliphatic heterocycles. The third-order valence-electron chi connectivity index (χ3n) is 4.74. The lowest BCUT2D eigenvalue weighted by molar-refractivity contribution is -0.192. The molecule has 2 aromatic heterocycles. The molecule has 0 unspecified atom stereocenters. The lowest BCUT2D eigenvalue weighted by atomic mass is 10.1. The molecular weight excluding hydrogens is 437 g/mol. The number of nitrogens with one attached hydrogen (secondary N) is 2. The monoisotopic (exact) mass is 460 g/mol. The first-order valence-electron chi connectivity index (χ1n) is 9.93. The molecule has 0 aliphatic carbocycles. The number of aromatic nitrogens is 3. The van der Waals surface area contributed by atoms with E-state index in [-0.39, 0.29) is 0 Å². The van der Waals surface area contributed by atoms with Gasteiger partial charge in [0, 0.05) is 42.3 Å². The Labute approximate surface area is 187 Å². The van der Waals surface area contributed by atoms with Crippen LogP contribution in [0.1, 0.15) is 16.8 Å². The number of aromatic amines is 1. The molecular formula is C23H23F3N4O3. The minimum Gasteiger partial charge on any atom is -0.496 e. The van der Waals surface area contributed by atoms with Crippen LogP contribution in [0.5, 0.6) is 5.75 Å². The third kappa shape index (κ3) is 6.36. The highest BCUT2D eigenvalue weighted by Crippen LogP contribution is 2.22. The van der Waals surface area contributed by atoms with E-state index in [9.17, 15) is 13.2 Å². The number of aliphatic carboxylic acids is 1. The summed E-state index contributed by atoms with van der Waals surface area (Å²) >= 11 is 0. The number of alkyl halides is 3. The molecule has 7 nitrogen and oxygen atoms in total. The topological polar surface area (TPSA) is 92.2 Å². The van der Waals surface area contributed by atoms with Crippen molar-refractivity contribution in [1.82, 2.24) is 20.1 Å². The SMILES string of the molecule is COc1ccc(-n2cccn2)cc1CNCc1ccc2cc(C)[nH]c2c1.O=C(O)C(F)(F)F. The average Bonchev–Trinajstić information content (AvgIpc) is 3.42. The van der Waals surface area contributed by atoms with E-state index < -0.39 is 12.1 Å². The smallest absolute Gasteiger partial charge is 0.490 e. The van der Waals surface area contributed by atoms with Crippen molar-refractivity contribution in [3.63, 3.8) is 0 Å². The van der Waals surface area contributed by atoms with Gasteiger partial charge in [-0.1, -0.05) is 12.1 Å². The number of rotatable bonds is 6. The second kappa shape index (κ2) is 10.2. The fourth-order valence-electron chi connectivity index (χ4n) is 3.24. The van der Waals surface area contributed by atoms with E-state index in [0.29, 0.717) is 0 Å². The van der Waals surface area contributed by atoms with Gasteiger partial charge in [-0.25, -0.2) is 9.48 Å². The lowest BCUT2D eigenvalue weighted by Gasteiger charge is -2.12. The van der Waals surface area contributed by atoms with Gasteiger partial charge in [0.2, 0.25) is 0 Å². The van der Waals surface area contributed by atoms with Crippen molar-refractivity contribution in [3.8, 4) is 11.4 Å². The highest BCUT2D eigenvalue weighted by atomic mass is 19.4. The first-order valence-corrected chi connectivity index (χ1v) is 9.93. The Balaban J connectivity index is 0.000000383. The van der Waals surface area contributed by atoms with Crippen molar-refractivity contribution in [2.75, 3.05) is 7.11 Å². The summed E-state index contributed by atoms with van der Waals surface area (Å²) < 4.78 is 39.1. The number of fused-ring (bicyclic) bond motifs is 1. The molecule has 4 aromatic rings. The molecule has 0 saturated heterocycles. The van der Waals surface area contributed by atoms with Crippen molar-refractivity contribution in [2.24, 2.45) is 0 Å². The second-order valence-electron chi connectivity index (χ2n) is 7.23. The van der Waals surface area contributed by atoms with Crippen molar-refractivity contribution in [3.05, 3.63) is 77.7 Å². The van der Waals surface area contributed by atoms with Crippen molar-refractivity contribution in [1.29, 1.82) is 0 Å². The molecule has 174 valence electrons. The maximum Gasteiger partial charge on any atom is 0.490 e. The second-order valence-corrected chi connectivity index (χ2v) is 7.23. The fraction of sp³-hybridized carbons (Fsp3) is 0.217. The van der Waals surface area contributed by atoms with Crippen LogP contribution in [0.15, 0.2) is 60.9 Å². The summed E-state index contributed by atoms with van der Waals surface area (Å²) in [4.78, 5) is 12.3. The van der Waals surface area contributed by atoms with Crippen LogP contribution in [0, 0.1) is 6.92 Å². The lowest BCUT2D eigenvalue weighted by Crippen LogP contribution is -2.21. The van der Waals surface area contributed by atoms with Gasteiger partial charge in [-0.3, -0.25) is 0 Å². The summed E-state index contributed by atoms with van der Waals surface area (Å²) in [6, 6.07) is 16.7. The highest BCUT2D eigenvalue weighted by Gasteiger charge is 2.38. The maximum absolute atomic E-state index is 10.6. The van der Waals surface area contributed by atoms with E-state index >= 15 is 0 Å². The number of hydrogen-bond donors (Lipinski definition) is 3. The predicted molar refractivity (Wildman–Crippen MR) is 117 cm³/mol. The van der Waals surface area contributed by atoms with E-state index in [2.05, 4.69) is 52.7 Å². The summed E-state index contributed by atoms with van der Waals surface area (Å²) in [5, 5.41) is 16.2. The minimum atomic E-state index is -5.08. The zero-order chi connectivity index (χ0) is 24.0. The van der Waals surface area contributed by atoms with Crippen LogP contribution in [-0.2, 0) is 17.9 Å². The van der Waals surface area contributed by atoms with Crippen molar-refractivity contribution in [2.45, 2.75) is 26.2 Å². The number of H-pyrrole nitrogens is 1. The number of carbonyl (C=O) groups is 1. The molecule has 0 bridgehead atoms. The van der Waals surface area contributed by atoms with Crippen LogP contribution in [0.2, 0.25) is 0 Å². The first-order chi connectivity index (χ1) is 15.7. The van der Waals surface area contributed by atoms with Crippen molar-refractivity contribution < 1.29 is 27.8 Å². The molecule has 0 spiro atoms. The Bertz CT molecular complexity index is 1220. The number of carboxylic acid groups (broad SMARTS) is 1. The molecule has 0 radical (unpaired) electrons. The molecule has 0 fully saturated rings. The van der Waals surface area contributed by atoms with Gasteiger partial charge < -0.3 is 20.1 Å². The standard InChI is InChI=1S/C21H22N4O.C2HF3O2/c1-15-10-17-5-4-16(11-20(17)24-15)13-22-14-18-12-19(6-7-21(18)26-2)25-9-3-8-23-25;3-2(4,5)1(6)7/h3-12,22,24H,13-14H2,1-2H3;(H,6,7). The van der Waals surface area contributed by atoms with Crippen LogP contribution in [-0.4, -0.2) is 39.1 Å². The van der Waals surface area contributed by atoms with Gasteiger partial charge in [0.25, 0.3) is 0 Å². The number of hydrogen-bond acceptors (Lipinski definition) is 4. The minimum absolute atomic E-state index is 0.722. The molecule has 33 heavy (non-hydrogen) atoms. The van der Waals surface area contributed by atoms with Crippen LogP contribution < -0.4 is 10.1 Å². The summed E-state index contributed by atoms with van der Waals surface area (Å²) in [6.07, 6.45) is -1.37. The third-order valence-corrected chi connectivity index (χ3v) is 4.74. The maximum atomic E-state index is 10.6. The van der Waals surface area contributed by atoms with Crippen LogP contribution in [0.25, 0.3) is 16.6 Å². The first kappa shape index (κ1) is 23.9. The van der Waals surface area contributed by atoms with E-state index in [1.807, 2.05) is 29.1 Å². The number of halogens is 3. The molecule has 4 rings (SSSR count). The van der Waals surface area contributed by atoms with Gasteiger partial charge in [-0.15, -0.1) is 0 Å². The fourth-order valence-corrected chi connectivity index (χ4v) is 3.24. The molecule has 0 atom stereocenters. The summed E-state index contributed by atoms with van der Waals surface area (Å²) in [7, 11) is 1.70. The Morgan fingerprint density at radius 3 is 2.58 bits per heavy atom.